The first kappa shape index (κ1) is 13.4. The van der Waals surface area contributed by atoms with Crippen molar-refractivity contribution in [3.63, 3.8) is 0 Å². The van der Waals surface area contributed by atoms with E-state index in [-0.39, 0.29) is 5.92 Å². The van der Waals surface area contributed by atoms with Crippen LogP contribution in [-0.4, -0.2) is 47.7 Å². The molecular formula is C15H26N2O2. The Morgan fingerprint density at radius 2 is 2.00 bits per heavy atom. The molecule has 4 nitrogen and oxygen atoms in total. The topological polar surface area (TPSA) is 52.6 Å². The van der Waals surface area contributed by atoms with Crippen LogP contribution in [0.1, 0.15) is 44.9 Å². The van der Waals surface area contributed by atoms with Gasteiger partial charge in [-0.3, -0.25) is 9.69 Å². The Bertz CT molecular complexity index is 328. The van der Waals surface area contributed by atoms with Gasteiger partial charge in [0.25, 0.3) is 0 Å². The molecule has 0 saturated carbocycles. The molecule has 0 bridgehead atoms. The van der Waals surface area contributed by atoms with Gasteiger partial charge in [-0.2, -0.15) is 0 Å². The summed E-state index contributed by atoms with van der Waals surface area (Å²) in [5, 5.41) is 13.2. The molecule has 0 aromatic rings. The van der Waals surface area contributed by atoms with Crippen LogP contribution in [0.25, 0.3) is 0 Å². The molecule has 3 rings (SSSR count). The number of fused-ring (bicyclic) bond motifs is 1. The number of carbonyl (C=O) groups is 1. The number of piperidine rings is 3. The quantitative estimate of drug-likeness (QED) is 0.799. The van der Waals surface area contributed by atoms with Crippen LogP contribution in [0.2, 0.25) is 0 Å². The molecule has 2 N–H and O–H groups in total. The lowest BCUT2D eigenvalue weighted by Gasteiger charge is -2.48. The zero-order valence-electron chi connectivity index (χ0n) is 11.7. The van der Waals surface area contributed by atoms with E-state index >= 15 is 0 Å². The molecule has 0 amide bonds. The molecule has 3 saturated heterocycles. The average molecular weight is 266 g/mol. The van der Waals surface area contributed by atoms with E-state index in [1.807, 2.05) is 0 Å². The number of nitrogens with one attached hydrogen (secondary N) is 1. The average Bonchev–Trinajstić information content (AvgIpc) is 2.47. The molecule has 0 aromatic carbocycles. The van der Waals surface area contributed by atoms with E-state index < -0.39 is 5.97 Å². The highest BCUT2D eigenvalue weighted by molar-refractivity contribution is 5.71. The second-order valence-corrected chi connectivity index (χ2v) is 6.55. The van der Waals surface area contributed by atoms with Crippen molar-refractivity contribution < 1.29 is 9.90 Å². The Labute approximate surface area is 115 Å². The maximum Gasteiger partial charge on any atom is 0.308 e. The molecule has 0 spiro atoms. The zero-order chi connectivity index (χ0) is 13.2. The molecule has 3 fully saturated rings. The Balaban J connectivity index is 1.71. The molecule has 4 heteroatoms. The van der Waals surface area contributed by atoms with Gasteiger partial charge in [0.15, 0.2) is 0 Å². The first-order valence-corrected chi connectivity index (χ1v) is 7.96. The van der Waals surface area contributed by atoms with E-state index in [0.29, 0.717) is 18.0 Å². The van der Waals surface area contributed by atoms with Crippen molar-refractivity contribution in [3.8, 4) is 0 Å². The molecular weight excluding hydrogens is 240 g/mol. The van der Waals surface area contributed by atoms with Crippen molar-refractivity contribution in [2.45, 2.75) is 57.0 Å². The maximum atomic E-state index is 11.6. The summed E-state index contributed by atoms with van der Waals surface area (Å²) in [6.07, 6.45) is 8.23. The van der Waals surface area contributed by atoms with Gasteiger partial charge in [-0.05, 0) is 51.1 Å². The predicted molar refractivity (Wildman–Crippen MR) is 74.1 cm³/mol. The number of carboxylic acid groups (broad SMARTS) is 1. The van der Waals surface area contributed by atoms with E-state index in [4.69, 9.17) is 0 Å². The Morgan fingerprint density at radius 3 is 2.74 bits per heavy atom. The minimum Gasteiger partial charge on any atom is -0.481 e. The van der Waals surface area contributed by atoms with Crippen LogP contribution in [0, 0.1) is 11.8 Å². The summed E-state index contributed by atoms with van der Waals surface area (Å²) in [6, 6.07) is 0.865. The van der Waals surface area contributed by atoms with Gasteiger partial charge in [0.05, 0.1) is 5.92 Å². The van der Waals surface area contributed by atoms with Crippen molar-refractivity contribution in [3.05, 3.63) is 0 Å². The zero-order valence-corrected chi connectivity index (χ0v) is 11.7. The Hall–Kier alpha value is -0.610. The molecule has 0 radical (unpaired) electrons. The summed E-state index contributed by atoms with van der Waals surface area (Å²) in [4.78, 5) is 14.1. The summed E-state index contributed by atoms with van der Waals surface area (Å²) in [5.74, 6) is -0.170. The minimum absolute atomic E-state index is 0.136. The number of nitrogens with zero attached hydrogens (tertiary/aromatic N) is 1. The summed E-state index contributed by atoms with van der Waals surface area (Å²) < 4.78 is 0. The lowest BCUT2D eigenvalue weighted by Crippen LogP contribution is -2.57. The van der Waals surface area contributed by atoms with Crippen molar-refractivity contribution in [1.29, 1.82) is 0 Å². The van der Waals surface area contributed by atoms with Crippen molar-refractivity contribution in [1.82, 2.24) is 10.2 Å². The molecule has 3 unspecified atom stereocenters. The second kappa shape index (κ2) is 5.80. The third-order valence-electron chi connectivity index (χ3n) is 5.39. The van der Waals surface area contributed by atoms with Crippen molar-refractivity contribution in [2.24, 2.45) is 11.8 Å². The highest BCUT2D eigenvalue weighted by Crippen LogP contribution is 2.36. The molecule has 4 atom stereocenters. The Kier molecular flexibility index (Phi) is 4.08. The second-order valence-electron chi connectivity index (χ2n) is 6.55. The molecule has 3 aliphatic rings. The van der Waals surface area contributed by atoms with Crippen LogP contribution >= 0.6 is 0 Å². The Morgan fingerprint density at radius 1 is 1.16 bits per heavy atom. The van der Waals surface area contributed by atoms with Crippen molar-refractivity contribution in [2.75, 3.05) is 19.6 Å². The smallest absolute Gasteiger partial charge is 0.308 e. The maximum absolute atomic E-state index is 11.6. The van der Waals surface area contributed by atoms with Gasteiger partial charge in [0, 0.05) is 18.6 Å². The van der Waals surface area contributed by atoms with Crippen molar-refractivity contribution >= 4 is 5.97 Å². The molecule has 3 aliphatic heterocycles. The van der Waals surface area contributed by atoms with Gasteiger partial charge in [-0.1, -0.05) is 12.8 Å². The van der Waals surface area contributed by atoms with Gasteiger partial charge in [0.1, 0.15) is 0 Å². The van der Waals surface area contributed by atoms with Crippen LogP contribution < -0.4 is 5.32 Å². The largest absolute Gasteiger partial charge is 0.481 e. The number of hydrogen-bond acceptors (Lipinski definition) is 3. The van der Waals surface area contributed by atoms with Crippen LogP contribution in [0.5, 0.6) is 0 Å². The summed E-state index contributed by atoms with van der Waals surface area (Å²) in [6.45, 7) is 3.34. The van der Waals surface area contributed by atoms with E-state index in [0.717, 1.165) is 32.5 Å². The summed E-state index contributed by atoms with van der Waals surface area (Å²) in [7, 11) is 0. The molecule has 19 heavy (non-hydrogen) atoms. The lowest BCUT2D eigenvalue weighted by atomic mass is 9.75. The fourth-order valence-electron chi connectivity index (χ4n) is 4.40. The van der Waals surface area contributed by atoms with Gasteiger partial charge >= 0.3 is 5.97 Å². The van der Waals surface area contributed by atoms with Crippen LogP contribution in [0.15, 0.2) is 0 Å². The molecule has 3 heterocycles. The summed E-state index contributed by atoms with van der Waals surface area (Å²) in [5.41, 5.74) is 0. The van der Waals surface area contributed by atoms with Crippen LogP contribution in [-0.2, 0) is 4.79 Å². The SMILES string of the molecule is O=C(O)C1CC([C@@H]2CCCCN2)CN2CCCCC12. The number of hydrogen-bond donors (Lipinski definition) is 2. The van der Waals surface area contributed by atoms with Gasteiger partial charge in [-0.25, -0.2) is 0 Å². The fourth-order valence-corrected chi connectivity index (χ4v) is 4.40. The fraction of sp³-hybridized carbons (Fsp3) is 0.933. The third kappa shape index (κ3) is 2.79. The third-order valence-corrected chi connectivity index (χ3v) is 5.39. The number of aliphatic carboxylic acids is 1. The van der Waals surface area contributed by atoms with Gasteiger partial charge in [0.2, 0.25) is 0 Å². The first-order chi connectivity index (χ1) is 9.25. The summed E-state index contributed by atoms with van der Waals surface area (Å²) >= 11 is 0. The van der Waals surface area contributed by atoms with E-state index in [9.17, 15) is 9.90 Å². The number of rotatable bonds is 2. The predicted octanol–water partition coefficient (Wildman–Crippen LogP) is 1.70. The highest BCUT2D eigenvalue weighted by atomic mass is 16.4. The van der Waals surface area contributed by atoms with Gasteiger partial charge in [-0.15, -0.1) is 0 Å². The molecule has 0 aliphatic carbocycles. The van der Waals surface area contributed by atoms with E-state index in [2.05, 4.69) is 10.2 Å². The van der Waals surface area contributed by atoms with Gasteiger partial charge < -0.3 is 10.4 Å². The highest BCUT2D eigenvalue weighted by Gasteiger charge is 2.43. The van der Waals surface area contributed by atoms with Crippen LogP contribution in [0.3, 0.4) is 0 Å². The first-order valence-electron chi connectivity index (χ1n) is 7.96. The standard InChI is InChI=1S/C15H26N2O2/c18-15(19)12-9-11(13-5-1-3-7-16-13)10-17-8-4-2-6-14(12)17/h11-14,16H,1-10H2,(H,18,19)/t11?,12?,13-,14?/m0/s1. The molecule has 108 valence electrons. The number of carboxylic acids is 1. The van der Waals surface area contributed by atoms with Crippen LogP contribution in [0.4, 0.5) is 0 Å². The normalized spacial score (nSPS) is 40.6. The van der Waals surface area contributed by atoms with E-state index in [1.54, 1.807) is 0 Å². The molecule has 0 aromatic heterocycles. The minimum atomic E-state index is -0.572. The monoisotopic (exact) mass is 266 g/mol. The lowest BCUT2D eigenvalue weighted by molar-refractivity contribution is -0.148. The van der Waals surface area contributed by atoms with E-state index in [1.165, 1.54) is 32.1 Å².